The Bertz CT molecular complexity index is 785. The fourth-order valence-electron chi connectivity index (χ4n) is 3.02. The normalized spacial score (nSPS) is 20.0. The minimum Gasteiger partial charge on any atom is -0.465 e. The van der Waals surface area contributed by atoms with Crippen molar-refractivity contribution in [3.05, 3.63) is 46.6 Å². The molecule has 2 N–H and O–H groups in total. The van der Waals surface area contributed by atoms with Gasteiger partial charge in [-0.3, -0.25) is 0 Å². The van der Waals surface area contributed by atoms with Gasteiger partial charge in [0.2, 0.25) is 0 Å². The molecule has 2 aromatic rings. The molecular formula is C18H21ClN4O3. The van der Waals surface area contributed by atoms with Gasteiger partial charge in [0.25, 0.3) is 0 Å². The molecule has 2 atom stereocenters. The Balaban J connectivity index is 1.85. The molecular weight excluding hydrogens is 356 g/mol. The second-order valence-electron chi connectivity index (χ2n) is 6.11. The van der Waals surface area contributed by atoms with Crippen molar-refractivity contribution >= 4 is 29.1 Å². The molecule has 0 unspecified atom stereocenters. The zero-order valence-electron chi connectivity index (χ0n) is 14.7. The zero-order chi connectivity index (χ0) is 18.7. The standard InChI is InChI=1S/C18H21ClN4O3/c1-3-13-9-23(14-8-16(19)21-22-17(14)20)10-15(26-13)11-4-6-12(7-5-11)18(24)25-2/h4-8,13,15H,3,9-10H2,1-2H3,(H2,20,22)/t13-,15-/m0/s1. The van der Waals surface area contributed by atoms with Gasteiger partial charge in [0.15, 0.2) is 11.0 Å². The van der Waals surface area contributed by atoms with Crippen molar-refractivity contribution < 1.29 is 14.3 Å². The number of ether oxygens (including phenoxy) is 2. The van der Waals surface area contributed by atoms with Crippen molar-refractivity contribution in [2.75, 3.05) is 30.8 Å². The van der Waals surface area contributed by atoms with Crippen LogP contribution in [0.25, 0.3) is 0 Å². The van der Waals surface area contributed by atoms with Gasteiger partial charge >= 0.3 is 5.97 Å². The van der Waals surface area contributed by atoms with E-state index in [4.69, 9.17) is 26.8 Å². The first-order valence-electron chi connectivity index (χ1n) is 8.39. The van der Waals surface area contributed by atoms with E-state index in [1.807, 2.05) is 12.1 Å². The largest absolute Gasteiger partial charge is 0.465 e. The van der Waals surface area contributed by atoms with Gasteiger partial charge in [-0.2, -0.15) is 0 Å². The number of anilines is 2. The maximum absolute atomic E-state index is 11.6. The third-order valence-corrected chi connectivity index (χ3v) is 4.62. The van der Waals surface area contributed by atoms with Crippen LogP contribution in [-0.4, -0.2) is 42.5 Å². The zero-order valence-corrected chi connectivity index (χ0v) is 15.4. The van der Waals surface area contributed by atoms with Crippen LogP contribution in [-0.2, 0) is 9.47 Å². The lowest BCUT2D eigenvalue weighted by molar-refractivity contribution is -0.0289. The number of esters is 1. The molecule has 0 spiro atoms. The summed E-state index contributed by atoms with van der Waals surface area (Å²) in [5.74, 6) is -0.0228. The number of rotatable bonds is 4. The van der Waals surface area contributed by atoms with Gasteiger partial charge < -0.3 is 20.1 Å². The van der Waals surface area contributed by atoms with E-state index in [1.165, 1.54) is 7.11 Å². The average molecular weight is 377 g/mol. The van der Waals surface area contributed by atoms with Crippen LogP contribution >= 0.6 is 11.6 Å². The van der Waals surface area contributed by atoms with Crippen LogP contribution in [0.15, 0.2) is 30.3 Å². The Morgan fingerprint density at radius 2 is 2.08 bits per heavy atom. The quantitative estimate of drug-likeness (QED) is 0.820. The predicted octanol–water partition coefficient (Wildman–Crippen LogP) is 2.86. The number of hydrogen-bond donors (Lipinski definition) is 1. The summed E-state index contributed by atoms with van der Waals surface area (Å²) in [6, 6.07) is 8.97. The monoisotopic (exact) mass is 376 g/mol. The Kier molecular flexibility index (Phi) is 5.58. The molecule has 1 aliphatic rings. The number of carbonyl (C=O) groups is 1. The van der Waals surface area contributed by atoms with Crippen molar-refractivity contribution in [3.8, 4) is 0 Å². The van der Waals surface area contributed by atoms with E-state index in [0.29, 0.717) is 29.6 Å². The van der Waals surface area contributed by atoms with E-state index >= 15 is 0 Å². The molecule has 138 valence electrons. The van der Waals surface area contributed by atoms with Crippen molar-refractivity contribution in [1.82, 2.24) is 10.2 Å². The fraction of sp³-hybridized carbons (Fsp3) is 0.389. The molecule has 0 bridgehead atoms. The SMILES string of the molecule is CC[C@H]1CN(c2cc(Cl)nnc2N)C[C@@H](c2ccc(C(=O)OC)cc2)O1. The van der Waals surface area contributed by atoms with Crippen molar-refractivity contribution in [1.29, 1.82) is 0 Å². The highest BCUT2D eigenvalue weighted by Gasteiger charge is 2.29. The molecule has 0 aliphatic carbocycles. The summed E-state index contributed by atoms with van der Waals surface area (Å²) in [6.07, 6.45) is 0.742. The molecule has 0 radical (unpaired) electrons. The van der Waals surface area contributed by atoms with E-state index < -0.39 is 0 Å². The lowest BCUT2D eigenvalue weighted by Gasteiger charge is -2.39. The summed E-state index contributed by atoms with van der Waals surface area (Å²) < 4.78 is 10.9. The second kappa shape index (κ2) is 7.88. The molecule has 1 aromatic heterocycles. The minimum atomic E-state index is -0.362. The maximum atomic E-state index is 11.6. The number of methoxy groups -OCH3 is 1. The Morgan fingerprint density at radius 1 is 1.35 bits per heavy atom. The predicted molar refractivity (Wildman–Crippen MR) is 99.4 cm³/mol. The Labute approximate surface area is 157 Å². The third kappa shape index (κ3) is 3.89. The number of nitrogens with zero attached hydrogens (tertiary/aromatic N) is 3. The highest BCUT2D eigenvalue weighted by atomic mass is 35.5. The molecule has 8 heteroatoms. The van der Waals surface area contributed by atoms with Gasteiger partial charge in [0.1, 0.15) is 6.10 Å². The molecule has 1 saturated heterocycles. The fourth-order valence-corrected chi connectivity index (χ4v) is 3.16. The molecule has 7 nitrogen and oxygen atoms in total. The molecule has 3 rings (SSSR count). The number of carbonyl (C=O) groups excluding carboxylic acids is 1. The minimum absolute atomic E-state index is 0.0420. The Morgan fingerprint density at radius 3 is 2.73 bits per heavy atom. The molecule has 0 saturated carbocycles. The summed E-state index contributed by atoms with van der Waals surface area (Å²) in [5.41, 5.74) is 8.23. The topological polar surface area (TPSA) is 90.6 Å². The number of nitrogens with two attached hydrogens (primary N) is 1. The molecule has 0 amide bonds. The third-order valence-electron chi connectivity index (χ3n) is 4.44. The number of hydrogen-bond acceptors (Lipinski definition) is 7. The van der Waals surface area contributed by atoms with E-state index in [1.54, 1.807) is 18.2 Å². The lowest BCUT2D eigenvalue weighted by atomic mass is 10.0. The summed E-state index contributed by atoms with van der Waals surface area (Å²) in [5, 5.41) is 7.98. The number of morpholine rings is 1. The van der Waals surface area contributed by atoms with Gasteiger partial charge in [0.05, 0.1) is 24.5 Å². The van der Waals surface area contributed by atoms with E-state index in [0.717, 1.165) is 17.7 Å². The van der Waals surface area contributed by atoms with Crippen LogP contribution < -0.4 is 10.6 Å². The number of benzene rings is 1. The van der Waals surface area contributed by atoms with E-state index in [-0.39, 0.29) is 18.2 Å². The van der Waals surface area contributed by atoms with Crippen LogP contribution in [0.2, 0.25) is 5.15 Å². The number of halogens is 1. The summed E-state index contributed by atoms with van der Waals surface area (Å²) in [4.78, 5) is 13.7. The maximum Gasteiger partial charge on any atom is 0.337 e. The van der Waals surface area contributed by atoms with Crippen LogP contribution in [0, 0.1) is 0 Å². The van der Waals surface area contributed by atoms with Gasteiger partial charge in [0, 0.05) is 19.2 Å². The van der Waals surface area contributed by atoms with Crippen LogP contribution in [0.1, 0.15) is 35.4 Å². The second-order valence-corrected chi connectivity index (χ2v) is 6.50. The summed E-state index contributed by atoms with van der Waals surface area (Å²) in [7, 11) is 1.36. The number of aromatic nitrogens is 2. The van der Waals surface area contributed by atoms with Gasteiger partial charge in [-0.25, -0.2) is 4.79 Å². The molecule has 1 aromatic carbocycles. The van der Waals surface area contributed by atoms with Crippen molar-refractivity contribution in [2.24, 2.45) is 0 Å². The van der Waals surface area contributed by atoms with Gasteiger partial charge in [-0.05, 0) is 24.1 Å². The number of nitrogen functional groups attached to an aromatic ring is 1. The van der Waals surface area contributed by atoms with Crippen LogP contribution in [0.3, 0.4) is 0 Å². The molecule has 2 heterocycles. The first-order chi connectivity index (χ1) is 12.5. The van der Waals surface area contributed by atoms with Gasteiger partial charge in [-0.1, -0.05) is 30.7 Å². The highest BCUT2D eigenvalue weighted by Crippen LogP contribution is 2.32. The first-order valence-corrected chi connectivity index (χ1v) is 8.77. The van der Waals surface area contributed by atoms with E-state index in [9.17, 15) is 4.79 Å². The van der Waals surface area contributed by atoms with Crippen LogP contribution in [0.5, 0.6) is 0 Å². The molecule has 1 fully saturated rings. The van der Waals surface area contributed by atoms with Crippen LogP contribution in [0.4, 0.5) is 11.5 Å². The van der Waals surface area contributed by atoms with E-state index in [2.05, 4.69) is 22.0 Å². The molecule has 1 aliphatic heterocycles. The Hall–Kier alpha value is -2.38. The highest BCUT2D eigenvalue weighted by molar-refractivity contribution is 6.29. The average Bonchev–Trinajstić information content (AvgIpc) is 2.68. The van der Waals surface area contributed by atoms with Crippen molar-refractivity contribution in [2.45, 2.75) is 25.6 Å². The molecule has 26 heavy (non-hydrogen) atoms. The summed E-state index contributed by atoms with van der Waals surface area (Å²) in [6.45, 7) is 3.37. The van der Waals surface area contributed by atoms with Crippen molar-refractivity contribution in [3.63, 3.8) is 0 Å². The summed E-state index contributed by atoms with van der Waals surface area (Å²) >= 11 is 5.99. The first kappa shape index (κ1) is 18.4. The smallest absolute Gasteiger partial charge is 0.337 e. The van der Waals surface area contributed by atoms with Gasteiger partial charge in [-0.15, -0.1) is 10.2 Å². The lowest BCUT2D eigenvalue weighted by Crippen LogP contribution is -2.44.